The van der Waals surface area contributed by atoms with Crippen molar-refractivity contribution in [2.75, 3.05) is 57.5 Å². The third kappa shape index (κ3) is 4.86. The van der Waals surface area contributed by atoms with Crippen LogP contribution in [0.5, 0.6) is 5.75 Å². The summed E-state index contributed by atoms with van der Waals surface area (Å²) in [6, 6.07) is 11.9. The first-order chi connectivity index (χ1) is 17.4. The quantitative estimate of drug-likeness (QED) is 0.369. The maximum atomic E-state index is 13.5. The third-order valence-electron chi connectivity index (χ3n) is 7.06. The molecule has 0 N–H and O–H groups in total. The highest BCUT2D eigenvalue weighted by Crippen LogP contribution is 2.35. The van der Waals surface area contributed by atoms with Gasteiger partial charge in [0.1, 0.15) is 5.75 Å². The Hall–Kier alpha value is -3.29. The Kier molecular flexibility index (Phi) is 7.03. The van der Waals surface area contributed by atoms with E-state index in [9.17, 15) is 4.79 Å². The maximum Gasteiger partial charge on any atom is 0.343 e. The predicted molar refractivity (Wildman–Crippen MR) is 142 cm³/mol. The number of hydrogen-bond acceptors (Lipinski definition) is 6. The first-order valence-corrected chi connectivity index (χ1v) is 12.7. The highest BCUT2D eigenvalue weighted by atomic mass is 16.5. The smallest absolute Gasteiger partial charge is 0.343 e. The number of anilines is 1. The number of ether oxygens (including phenoxy) is 3. The second kappa shape index (κ2) is 10.4. The van der Waals surface area contributed by atoms with E-state index >= 15 is 0 Å². The minimum Gasteiger partial charge on any atom is -0.423 e. The number of carbonyl (C=O) groups excluding carboxylic acids is 1. The average Bonchev–Trinajstić information content (AvgIpc) is 3.38. The van der Waals surface area contributed by atoms with E-state index in [0.29, 0.717) is 43.7 Å². The molecule has 7 nitrogen and oxygen atoms in total. The van der Waals surface area contributed by atoms with Crippen LogP contribution in [0.2, 0.25) is 0 Å². The molecule has 7 heteroatoms. The standard InChI is InChI=1S/C29H35N3O4/c1-20(2)25-16-21(3)28(19-27(25)31-10-14-35-15-11-31)36-29(33)23-17-24-6-5-7-32(24)26(18-23)22(4)30-8-12-34-13-9-30/h5-7,16-20H,4,8-15H2,1-3H3. The summed E-state index contributed by atoms with van der Waals surface area (Å²) in [7, 11) is 0. The lowest BCUT2D eigenvalue weighted by atomic mass is 9.97. The van der Waals surface area contributed by atoms with Gasteiger partial charge in [-0.25, -0.2) is 4.79 Å². The Bertz CT molecular complexity index is 1270. The van der Waals surface area contributed by atoms with Gasteiger partial charge in [0.05, 0.1) is 43.4 Å². The van der Waals surface area contributed by atoms with Crippen LogP contribution < -0.4 is 9.64 Å². The summed E-state index contributed by atoms with van der Waals surface area (Å²) in [5.41, 5.74) is 6.51. The number of fused-ring (bicyclic) bond motifs is 1. The monoisotopic (exact) mass is 489 g/mol. The van der Waals surface area contributed by atoms with Crippen molar-refractivity contribution < 1.29 is 19.0 Å². The van der Waals surface area contributed by atoms with Crippen molar-refractivity contribution in [3.63, 3.8) is 0 Å². The van der Waals surface area contributed by atoms with Crippen LogP contribution in [0.1, 0.15) is 46.9 Å². The summed E-state index contributed by atoms with van der Waals surface area (Å²) in [6.07, 6.45) is 1.99. The SMILES string of the molecule is C=C(c1cc(C(=O)Oc2cc(N3CCOCC3)c(C(C)C)cc2C)cc2cccn12)N1CCOCC1. The molecule has 190 valence electrons. The highest BCUT2D eigenvalue weighted by Gasteiger charge is 2.22. The van der Waals surface area contributed by atoms with Gasteiger partial charge in [-0.1, -0.05) is 26.5 Å². The molecular formula is C29H35N3O4. The van der Waals surface area contributed by atoms with Gasteiger partial charge in [-0.3, -0.25) is 0 Å². The van der Waals surface area contributed by atoms with Crippen molar-refractivity contribution in [2.45, 2.75) is 26.7 Å². The fraction of sp³-hybridized carbons (Fsp3) is 0.414. The van der Waals surface area contributed by atoms with Gasteiger partial charge in [0, 0.05) is 49.6 Å². The number of carbonyl (C=O) groups is 1. The van der Waals surface area contributed by atoms with Crippen LogP contribution >= 0.6 is 0 Å². The molecule has 0 saturated carbocycles. The van der Waals surface area contributed by atoms with E-state index in [4.69, 9.17) is 14.2 Å². The Balaban J connectivity index is 1.46. The second-order valence-electron chi connectivity index (χ2n) is 9.80. The number of aromatic nitrogens is 1. The van der Waals surface area contributed by atoms with E-state index in [-0.39, 0.29) is 5.97 Å². The number of pyridine rings is 1. The molecule has 0 amide bonds. The lowest BCUT2D eigenvalue weighted by molar-refractivity contribution is 0.0639. The number of nitrogens with zero attached hydrogens (tertiary/aromatic N) is 3. The number of rotatable bonds is 6. The molecule has 0 spiro atoms. The summed E-state index contributed by atoms with van der Waals surface area (Å²) in [5.74, 6) is 0.578. The second-order valence-corrected chi connectivity index (χ2v) is 9.80. The molecule has 0 unspecified atom stereocenters. The minimum atomic E-state index is -0.372. The molecule has 2 aliphatic heterocycles. The van der Waals surface area contributed by atoms with E-state index in [0.717, 1.165) is 54.3 Å². The Morgan fingerprint density at radius 1 is 1.00 bits per heavy atom. The van der Waals surface area contributed by atoms with Gasteiger partial charge in [0.15, 0.2) is 0 Å². The number of esters is 1. The zero-order valence-electron chi connectivity index (χ0n) is 21.5. The molecule has 0 radical (unpaired) electrons. The first-order valence-electron chi connectivity index (χ1n) is 12.7. The van der Waals surface area contributed by atoms with Crippen molar-refractivity contribution >= 4 is 22.9 Å². The molecule has 2 aliphatic rings. The van der Waals surface area contributed by atoms with Crippen LogP contribution in [-0.4, -0.2) is 67.9 Å². The molecule has 5 rings (SSSR count). The summed E-state index contributed by atoms with van der Waals surface area (Å²) < 4.78 is 19.2. The van der Waals surface area contributed by atoms with Crippen LogP contribution in [0.3, 0.4) is 0 Å². The molecule has 1 aromatic carbocycles. The first kappa shape index (κ1) is 24.4. The molecular weight excluding hydrogens is 454 g/mol. The van der Waals surface area contributed by atoms with Gasteiger partial charge in [-0.2, -0.15) is 0 Å². The Labute approximate surface area is 212 Å². The summed E-state index contributed by atoms with van der Waals surface area (Å²) in [4.78, 5) is 18.0. The lowest BCUT2D eigenvalue weighted by Crippen LogP contribution is -2.37. The summed E-state index contributed by atoms with van der Waals surface area (Å²) >= 11 is 0. The molecule has 0 atom stereocenters. The molecule has 2 aromatic heterocycles. The van der Waals surface area contributed by atoms with Crippen LogP contribution in [0.25, 0.3) is 11.2 Å². The van der Waals surface area contributed by atoms with Gasteiger partial charge >= 0.3 is 5.97 Å². The fourth-order valence-corrected chi connectivity index (χ4v) is 4.99. The maximum absolute atomic E-state index is 13.5. The van der Waals surface area contributed by atoms with E-state index in [1.165, 1.54) is 5.56 Å². The molecule has 0 aliphatic carbocycles. The zero-order chi connectivity index (χ0) is 25.2. The predicted octanol–water partition coefficient (Wildman–Crippen LogP) is 4.73. The van der Waals surface area contributed by atoms with Gasteiger partial charge in [-0.15, -0.1) is 0 Å². The summed E-state index contributed by atoms with van der Waals surface area (Å²) in [5, 5.41) is 0. The van der Waals surface area contributed by atoms with Crippen LogP contribution in [0, 0.1) is 6.92 Å². The van der Waals surface area contributed by atoms with Crippen LogP contribution in [0.15, 0.2) is 49.2 Å². The lowest BCUT2D eigenvalue weighted by Gasteiger charge is -2.32. The molecule has 36 heavy (non-hydrogen) atoms. The summed E-state index contributed by atoms with van der Waals surface area (Å²) in [6.45, 7) is 16.7. The van der Waals surface area contributed by atoms with E-state index < -0.39 is 0 Å². The van der Waals surface area contributed by atoms with Crippen molar-refractivity contribution in [1.29, 1.82) is 0 Å². The Morgan fingerprint density at radius 3 is 2.39 bits per heavy atom. The highest BCUT2D eigenvalue weighted by molar-refractivity contribution is 5.93. The Morgan fingerprint density at radius 2 is 1.69 bits per heavy atom. The van der Waals surface area contributed by atoms with Gasteiger partial charge in [-0.05, 0) is 48.2 Å². The molecule has 0 bridgehead atoms. The van der Waals surface area contributed by atoms with Crippen molar-refractivity contribution in [2.24, 2.45) is 0 Å². The van der Waals surface area contributed by atoms with Crippen molar-refractivity contribution in [3.8, 4) is 5.75 Å². The topological polar surface area (TPSA) is 55.6 Å². The number of aryl methyl sites for hydroxylation is 1. The normalized spacial score (nSPS) is 16.6. The van der Waals surface area contributed by atoms with E-state index in [1.54, 1.807) is 0 Å². The van der Waals surface area contributed by atoms with Crippen molar-refractivity contribution in [1.82, 2.24) is 9.30 Å². The van der Waals surface area contributed by atoms with E-state index in [1.807, 2.05) is 43.5 Å². The van der Waals surface area contributed by atoms with Gasteiger partial charge < -0.3 is 28.4 Å². The minimum absolute atomic E-state index is 0.358. The van der Waals surface area contributed by atoms with Crippen LogP contribution in [-0.2, 0) is 9.47 Å². The van der Waals surface area contributed by atoms with Crippen LogP contribution in [0.4, 0.5) is 5.69 Å². The molecule has 2 saturated heterocycles. The average molecular weight is 490 g/mol. The number of morpholine rings is 2. The van der Waals surface area contributed by atoms with E-state index in [2.05, 4.69) is 40.7 Å². The zero-order valence-corrected chi connectivity index (χ0v) is 21.5. The van der Waals surface area contributed by atoms with Gasteiger partial charge in [0.2, 0.25) is 0 Å². The molecule has 3 aromatic rings. The molecule has 4 heterocycles. The number of hydrogen-bond donors (Lipinski definition) is 0. The van der Waals surface area contributed by atoms with Crippen molar-refractivity contribution in [3.05, 3.63) is 71.6 Å². The molecule has 2 fully saturated rings. The third-order valence-corrected chi connectivity index (χ3v) is 7.06. The van der Waals surface area contributed by atoms with Gasteiger partial charge in [0.25, 0.3) is 0 Å². The largest absolute Gasteiger partial charge is 0.423 e. The fourth-order valence-electron chi connectivity index (χ4n) is 4.99. The number of benzene rings is 1.